The maximum atomic E-state index is 12.8. The number of aryl methyl sites for hydroxylation is 2. The van der Waals surface area contributed by atoms with Crippen molar-refractivity contribution in [2.24, 2.45) is 0 Å². The first-order valence-electron chi connectivity index (χ1n) is 8.35. The molecule has 4 aromatic rings. The number of rotatable bonds is 5. The zero-order valence-electron chi connectivity index (χ0n) is 15.0. The van der Waals surface area contributed by atoms with Crippen molar-refractivity contribution in [1.82, 2.24) is 29.9 Å². The summed E-state index contributed by atoms with van der Waals surface area (Å²) in [4.78, 5) is 13.1. The van der Waals surface area contributed by atoms with E-state index in [0.717, 1.165) is 0 Å². The number of pyridine rings is 1. The van der Waals surface area contributed by atoms with Crippen LogP contribution in [0.4, 0.5) is 20.4 Å². The van der Waals surface area contributed by atoms with Crippen LogP contribution >= 0.6 is 0 Å². The highest BCUT2D eigenvalue weighted by Gasteiger charge is 2.13. The van der Waals surface area contributed by atoms with Crippen LogP contribution < -0.4 is 5.32 Å². The molecule has 0 spiro atoms. The number of nitrogens with one attached hydrogen (secondary N) is 1. The van der Waals surface area contributed by atoms with Crippen molar-refractivity contribution in [3.05, 3.63) is 54.2 Å². The minimum atomic E-state index is -2.71. The average molecular weight is 383 g/mol. The van der Waals surface area contributed by atoms with Gasteiger partial charge in [-0.1, -0.05) is 11.2 Å². The van der Waals surface area contributed by atoms with Crippen molar-refractivity contribution >= 4 is 11.6 Å². The maximum Gasteiger partial charge on any atom is 0.333 e. The van der Waals surface area contributed by atoms with Gasteiger partial charge in [0.05, 0.1) is 34.7 Å². The predicted octanol–water partition coefficient (Wildman–Crippen LogP) is 4.15. The SMILES string of the molecule is Cc1cc(-c2cccc(-c3ccnc(Nc4cn(C(F)F)nc4C)n3)n2)no1. The minimum Gasteiger partial charge on any atom is -0.361 e. The van der Waals surface area contributed by atoms with Crippen LogP contribution in [0.1, 0.15) is 18.0 Å². The summed E-state index contributed by atoms with van der Waals surface area (Å²) in [5.41, 5.74) is 3.27. The molecule has 28 heavy (non-hydrogen) atoms. The molecule has 0 bridgehead atoms. The lowest BCUT2D eigenvalue weighted by molar-refractivity contribution is 0.0563. The van der Waals surface area contributed by atoms with Gasteiger partial charge in [-0.15, -0.1) is 0 Å². The van der Waals surface area contributed by atoms with E-state index in [-0.39, 0.29) is 5.95 Å². The summed E-state index contributed by atoms with van der Waals surface area (Å²) in [5, 5.41) is 10.6. The van der Waals surface area contributed by atoms with Crippen molar-refractivity contribution in [2.75, 3.05) is 5.32 Å². The van der Waals surface area contributed by atoms with Crippen LogP contribution in [0.3, 0.4) is 0 Å². The number of anilines is 2. The Morgan fingerprint density at radius 2 is 1.79 bits per heavy atom. The lowest BCUT2D eigenvalue weighted by atomic mass is 10.2. The van der Waals surface area contributed by atoms with Crippen LogP contribution in [0.5, 0.6) is 0 Å². The summed E-state index contributed by atoms with van der Waals surface area (Å²) >= 11 is 0. The van der Waals surface area contributed by atoms with E-state index >= 15 is 0 Å². The summed E-state index contributed by atoms with van der Waals surface area (Å²) < 4.78 is 31.2. The molecular weight excluding hydrogens is 368 g/mol. The third-order valence-corrected chi connectivity index (χ3v) is 3.92. The van der Waals surface area contributed by atoms with Crippen molar-refractivity contribution in [1.29, 1.82) is 0 Å². The summed E-state index contributed by atoms with van der Waals surface area (Å²) in [7, 11) is 0. The fourth-order valence-electron chi connectivity index (χ4n) is 2.59. The van der Waals surface area contributed by atoms with E-state index in [1.807, 2.05) is 18.2 Å². The van der Waals surface area contributed by atoms with E-state index in [2.05, 4.69) is 30.5 Å². The Bertz CT molecular complexity index is 1120. The van der Waals surface area contributed by atoms with Crippen molar-refractivity contribution in [2.45, 2.75) is 20.4 Å². The maximum absolute atomic E-state index is 12.8. The van der Waals surface area contributed by atoms with Gasteiger partial charge in [-0.2, -0.15) is 13.9 Å². The topological polar surface area (TPSA) is 94.6 Å². The monoisotopic (exact) mass is 383 g/mol. The second-order valence-corrected chi connectivity index (χ2v) is 6.01. The van der Waals surface area contributed by atoms with Gasteiger partial charge in [-0.05, 0) is 32.0 Å². The Morgan fingerprint density at radius 3 is 2.46 bits per heavy atom. The van der Waals surface area contributed by atoms with E-state index in [9.17, 15) is 8.78 Å². The van der Waals surface area contributed by atoms with E-state index in [0.29, 0.717) is 44.6 Å². The number of aromatic nitrogens is 6. The fraction of sp³-hybridized carbons (Fsp3) is 0.167. The van der Waals surface area contributed by atoms with Gasteiger partial charge in [-0.3, -0.25) is 0 Å². The van der Waals surface area contributed by atoms with Gasteiger partial charge >= 0.3 is 6.55 Å². The van der Waals surface area contributed by atoms with Crippen LogP contribution in [-0.2, 0) is 0 Å². The van der Waals surface area contributed by atoms with Crippen LogP contribution in [0.15, 0.2) is 47.2 Å². The number of hydrogen-bond donors (Lipinski definition) is 1. The summed E-state index contributed by atoms with van der Waals surface area (Å²) in [5.74, 6) is 0.939. The molecule has 0 saturated heterocycles. The normalized spacial score (nSPS) is 11.2. The summed E-state index contributed by atoms with van der Waals surface area (Å²) in [6, 6.07) is 8.98. The molecule has 0 atom stereocenters. The van der Waals surface area contributed by atoms with Gasteiger partial charge < -0.3 is 9.84 Å². The summed E-state index contributed by atoms with van der Waals surface area (Å²) in [6.07, 6.45) is 2.77. The van der Waals surface area contributed by atoms with E-state index in [4.69, 9.17) is 4.52 Å². The first-order valence-corrected chi connectivity index (χ1v) is 8.35. The Balaban J connectivity index is 1.62. The van der Waals surface area contributed by atoms with Crippen molar-refractivity contribution in [3.8, 4) is 22.8 Å². The molecule has 0 amide bonds. The third-order valence-electron chi connectivity index (χ3n) is 3.92. The zero-order chi connectivity index (χ0) is 19.7. The summed E-state index contributed by atoms with van der Waals surface area (Å²) in [6.45, 7) is 0.713. The van der Waals surface area contributed by atoms with Gasteiger partial charge in [0.15, 0.2) is 0 Å². The second-order valence-electron chi connectivity index (χ2n) is 6.01. The predicted molar refractivity (Wildman–Crippen MR) is 97.0 cm³/mol. The molecule has 0 saturated carbocycles. The lowest BCUT2D eigenvalue weighted by Gasteiger charge is -2.06. The van der Waals surface area contributed by atoms with Gasteiger partial charge in [0, 0.05) is 12.3 Å². The molecule has 0 aliphatic carbocycles. The van der Waals surface area contributed by atoms with Crippen LogP contribution in [0, 0.1) is 13.8 Å². The van der Waals surface area contributed by atoms with Crippen molar-refractivity contribution < 1.29 is 13.3 Å². The third kappa shape index (κ3) is 3.56. The second kappa shape index (κ2) is 7.14. The molecule has 4 heterocycles. The Labute approximate surface area is 158 Å². The Morgan fingerprint density at radius 1 is 1.04 bits per heavy atom. The van der Waals surface area contributed by atoms with Crippen LogP contribution in [-0.4, -0.2) is 29.9 Å². The molecule has 1 N–H and O–H groups in total. The quantitative estimate of drug-likeness (QED) is 0.553. The highest BCUT2D eigenvalue weighted by atomic mass is 19.3. The molecular formula is C18H15F2N7O. The molecule has 0 unspecified atom stereocenters. The minimum absolute atomic E-state index is 0.249. The Hall–Kier alpha value is -3.69. The number of hydrogen-bond acceptors (Lipinski definition) is 7. The van der Waals surface area contributed by atoms with Gasteiger partial charge in [0.2, 0.25) is 5.95 Å². The van der Waals surface area contributed by atoms with Gasteiger partial charge in [-0.25, -0.2) is 19.6 Å². The molecule has 142 valence electrons. The highest BCUT2D eigenvalue weighted by molar-refractivity contribution is 5.63. The molecule has 10 heteroatoms. The molecule has 0 aromatic carbocycles. The molecule has 4 aromatic heterocycles. The first-order chi connectivity index (χ1) is 13.5. The smallest absolute Gasteiger partial charge is 0.333 e. The standard InChI is InChI=1S/C18H15F2N7O/c1-10-8-15(26-28-10)13-5-3-4-12(22-13)14-6-7-21-18(23-14)24-16-9-27(17(19)20)25-11(16)2/h3-9,17H,1-2H3,(H,21,23,24). The lowest BCUT2D eigenvalue weighted by Crippen LogP contribution is -1.99. The first kappa shape index (κ1) is 17.7. The fourth-order valence-corrected chi connectivity index (χ4v) is 2.59. The number of halogens is 2. The largest absolute Gasteiger partial charge is 0.361 e. The Kier molecular flexibility index (Phi) is 4.52. The molecule has 0 radical (unpaired) electrons. The number of nitrogens with zero attached hydrogens (tertiary/aromatic N) is 6. The van der Waals surface area contributed by atoms with Crippen molar-refractivity contribution in [3.63, 3.8) is 0 Å². The van der Waals surface area contributed by atoms with Crippen LogP contribution in [0.25, 0.3) is 22.8 Å². The van der Waals surface area contributed by atoms with Gasteiger partial charge in [0.1, 0.15) is 11.5 Å². The molecule has 8 nitrogen and oxygen atoms in total. The van der Waals surface area contributed by atoms with Gasteiger partial charge in [0.25, 0.3) is 0 Å². The average Bonchev–Trinajstić information content (AvgIpc) is 3.28. The molecule has 0 aliphatic heterocycles. The highest BCUT2D eigenvalue weighted by Crippen LogP contribution is 2.24. The van der Waals surface area contributed by atoms with E-state index in [1.54, 1.807) is 32.2 Å². The molecule has 0 fully saturated rings. The van der Waals surface area contributed by atoms with Crippen LogP contribution in [0.2, 0.25) is 0 Å². The number of alkyl halides is 2. The molecule has 4 rings (SSSR count). The zero-order valence-corrected chi connectivity index (χ0v) is 15.0. The van der Waals surface area contributed by atoms with E-state index in [1.165, 1.54) is 6.20 Å². The van der Waals surface area contributed by atoms with E-state index < -0.39 is 6.55 Å². The molecule has 0 aliphatic rings.